The third kappa shape index (κ3) is 3.02. The molecular formula is C15H21NO2. The van der Waals surface area contributed by atoms with E-state index in [0.29, 0.717) is 11.3 Å². The monoisotopic (exact) mass is 247 g/mol. The zero-order valence-electron chi connectivity index (χ0n) is 11.7. The molecule has 1 rings (SSSR count). The second kappa shape index (κ2) is 5.41. The van der Waals surface area contributed by atoms with E-state index >= 15 is 0 Å². The summed E-state index contributed by atoms with van der Waals surface area (Å²) in [6.07, 6.45) is -0.793. The van der Waals surface area contributed by atoms with Gasteiger partial charge in [0.2, 0.25) is 6.54 Å². The molecule has 1 aromatic carbocycles. The molecule has 1 atom stereocenters. The van der Waals surface area contributed by atoms with Crippen LogP contribution in [-0.4, -0.2) is 18.8 Å². The SMILES string of the molecule is [C-]#[N+]CC(O)c1cc(C)cc(C(C)(C)C)c1OC. The molecule has 0 radical (unpaired) electrons. The zero-order chi connectivity index (χ0) is 13.9. The first-order chi connectivity index (χ1) is 8.31. The van der Waals surface area contributed by atoms with E-state index in [4.69, 9.17) is 11.3 Å². The van der Waals surface area contributed by atoms with Crippen LogP contribution >= 0.6 is 0 Å². The summed E-state index contributed by atoms with van der Waals surface area (Å²) >= 11 is 0. The molecule has 1 aromatic rings. The van der Waals surface area contributed by atoms with E-state index in [9.17, 15) is 5.11 Å². The third-order valence-corrected chi connectivity index (χ3v) is 2.90. The number of aliphatic hydroxyl groups excluding tert-OH is 1. The Labute approximate surface area is 109 Å². The van der Waals surface area contributed by atoms with Gasteiger partial charge >= 0.3 is 0 Å². The number of hydrogen-bond donors (Lipinski definition) is 1. The standard InChI is InChI=1S/C15H21NO2/c1-10-7-11(13(17)9-16-5)14(18-6)12(8-10)15(2,3)4/h7-8,13,17H,9H2,1-4,6H3. The van der Waals surface area contributed by atoms with Gasteiger partial charge in [-0.2, -0.15) is 0 Å². The van der Waals surface area contributed by atoms with Gasteiger partial charge in [0.1, 0.15) is 5.75 Å². The Kier molecular flexibility index (Phi) is 4.37. The van der Waals surface area contributed by atoms with Crippen LogP contribution in [-0.2, 0) is 5.41 Å². The summed E-state index contributed by atoms with van der Waals surface area (Å²) in [4.78, 5) is 3.25. The molecule has 0 spiro atoms. The Hall–Kier alpha value is -1.53. The molecule has 3 nitrogen and oxygen atoms in total. The van der Waals surface area contributed by atoms with Crippen molar-refractivity contribution < 1.29 is 9.84 Å². The van der Waals surface area contributed by atoms with Crippen molar-refractivity contribution in [1.29, 1.82) is 0 Å². The minimum Gasteiger partial charge on any atom is -0.496 e. The molecular weight excluding hydrogens is 226 g/mol. The van der Waals surface area contributed by atoms with Gasteiger partial charge in [-0.1, -0.05) is 32.4 Å². The maximum absolute atomic E-state index is 10.1. The molecule has 0 aliphatic rings. The number of rotatable bonds is 3. The summed E-state index contributed by atoms with van der Waals surface area (Å²) in [6, 6.07) is 3.97. The van der Waals surface area contributed by atoms with Crippen molar-refractivity contribution in [2.75, 3.05) is 13.7 Å². The van der Waals surface area contributed by atoms with Crippen molar-refractivity contribution in [3.63, 3.8) is 0 Å². The lowest BCUT2D eigenvalue weighted by molar-refractivity contribution is 0.190. The predicted molar refractivity (Wildman–Crippen MR) is 72.9 cm³/mol. The largest absolute Gasteiger partial charge is 0.496 e. The molecule has 0 aliphatic carbocycles. The molecule has 0 fully saturated rings. The van der Waals surface area contributed by atoms with E-state index < -0.39 is 6.10 Å². The maximum Gasteiger partial charge on any atom is 0.244 e. The number of aliphatic hydroxyl groups is 1. The summed E-state index contributed by atoms with van der Waals surface area (Å²) < 4.78 is 5.46. The number of nitrogens with zero attached hydrogens (tertiary/aromatic N) is 1. The highest BCUT2D eigenvalue weighted by Gasteiger charge is 2.25. The zero-order valence-corrected chi connectivity index (χ0v) is 11.7. The van der Waals surface area contributed by atoms with E-state index in [-0.39, 0.29) is 12.0 Å². The summed E-state index contributed by atoms with van der Waals surface area (Å²) in [5.41, 5.74) is 2.77. The summed E-state index contributed by atoms with van der Waals surface area (Å²) in [5, 5.41) is 10.1. The molecule has 0 aliphatic heterocycles. The quantitative estimate of drug-likeness (QED) is 0.832. The van der Waals surface area contributed by atoms with Crippen LogP contribution < -0.4 is 4.74 Å². The van der Waals surface area contributed by atoms with Gasteiger partial charge in [0.25, 0.3) is 0 Å². The highest BCUT2D eigenvalue weighted by molar-refractivity contribution is 5.49. The molecule has 1 N–H and O–H groups in total. The van der Waals surface area contributed by atoms with Crippen LogP contribution in [0.25, 0.3) is 4.85 Å². The molecule has 0 saturated heterocycles. The highest BCUT2D eigenvalue weighted by atomic mass is 16.5. The summed E-state index contributed by atoms with van der Waals surface area (Å²) in [5.74, 6) is 0.698. The molecule has 3 heteroatoms. The van der Waals surface area contributed by atoms with Gasteiger partial charge in [0.15, 0.2) is 6.10 Å². The van der Waals surface area contributed by atoms with Crippen molar-refractivity contribution >= 4 is 0 Å². The van der Waals surface area contributed by atoms with Gasteiger partial charge in [-0.3, -0.25) is 0 Å². The van der Waals surface area contributed by atoms with Gasteiger partial charge in [-0.15, -0.1) is 0 Å². The Morgan fingerprint density at radius 2 is 2.00 bits per heavy atom. The average Bonchev–Trinajstić information content (AvgIpc) is 2.27. The van der Waals surface area contributed by atoms with Crippen molar-refractivity contribution in [3.8, 4) is 5.75 Å². The first-order valence-electron chi connectivity index (χ1n) is 6.01. The fourth-order valence-corrected chi connectivity index (χ4v) is 2.02. The fourth-order valence-electron chi connectivity index (χ4n) is 2.02. The predicted octanol–water partition coefficient (Wildman–Crippen LogP) is 3.25. The average molecular weight is 247 g/mol. The summed E-state index contributed by atoms with van der Waals surface area (Å²) in [7, 11) is 1.61. The molecule has 0 saturated carbocycles. The fraction of sp³-hybridized carbons (Fsp3) is 0.533. The molecule has 0 aromatic heterocycles. The van der Waals surface area contributed by atoms with Crippen molar-refractivity contribution in [2.24, 2.45) is 0 Å². The lowest BCUT2D eigenvalue weighted by atomic mass is 9.83. The van der Waals surface area contributed by atoms with Gasteiger partial charge in [0.05, 0.1) is 7.11 Å². The van der Waals surface area contributed by atoms with Gasteiger partial charge < -0.3 is 14.7 Å². The van der Waals surface area contributed by atoms with E-state index in [1.54, 1.807) is 7.11 Å². The Bertz CT molecular complexity index is 467. The van der Waals surface area contributed by atoms with Crippen LogP contribution in [0.1, 0.15) is 43.6 Å². The molecule has 1 unspecified atom stereocenters. The van der Waals surface area contributed by atoms with E-state index in [1.165, 1.54) is 0 Å². The van der Waals surface area contributed by atoms with Gasteiger partial charge in [0, 0.05) is 11.1 Å². The minimum absolute atomic E-state index is 0.0589. The highest BCUT2D eigenvalue weighted by Crippen LogP contribution is 2.37. The number of aryl methyl sites for hydroxylation is 1. The number of benzene rings is 1. The molecule has 0 bridgehead atoms. The first-order valence-corrected chi connectivity index (χ1v) is 6.01. The Morgan fingerprint density at radius 3 is 2.44 bits per heavy atom. The Morgan fingerprint density at radius 1 is 1.39 bits per heavy atom. The van der Waals surface area contributed by atoms with E-state index in [2.05, 4.69) is 31.7 Å². The van der Waals surface area contributed by atoms with Crippen molar-refractivity contribution in [2.45, 2.75) is 39.2 Å². The first kappa shape index (κ1) is 14.5. The topological polar surface area (TPSA) is 33.8 Å². The van der Waals surface area contributed by atoms with Crippen LogP contribution in [0.4, 0.5) is 0 Å². The normalized spacial score (nSPS) is 12.9. The smallest absolute Gasteiger partial charge is 0.244 e. The lowest BCUT2D eigenvalue weighted by Gasteiger charge is -2.25. The summed E-state index contributed by atoms with van der Waals surface area (Å²) in [6.45, 7) is 15.2. The van der Waals surface area contributed by atoms with Crippen molar-refractivity contribution in [3.05, 3.63) is 40.2 Å². The molecule has 0 amide bonds. The molecule has 0 heterocycles. The lowest BCUT2D eigenvalue weighted by Crippen LogP contribution is -2.16. The van der Waals surface area contributed by atoms with Crippen LogP contribution in [0.2, 0.25) is 0 Å². The second-order valence-electron chi connectivity index (χ2n) is 5.54. The maximum atomic E-state index is 10.1. The van der Waals surface area contributed by atoms with Gasteiger partial charge in [-0.05, 0) is 18.4 Å². The minimum atomic E-state index is -0.793. The molecule has 18 heavy (non-hydrogen) atoms. The van der Waals surface area contributed by atoms with Gasteiger partial charge in [-0.25, -0.2) is 6.57 Å². The van der Waals surface area contributed by atoms with Crippen LogP contribution in [0.15, 0.2) is 12.1 Å². The number of ether oxygens (including phenoxy) is 1. The number of hydrogen-bond acceptors (Lipinski definition) is 2. The number of methoxy groups -OCH3 is 1. The Balaban J connectivity index is 3.44. The van der Waals surface area contributed by atoms with Crippen LogP contribution in [0.5, 0.6) is 5.75 Å². The third-order valence-electron chi connectivity index (χ3n) is 2.90. The molecule has 98 valence electrons. The van der Waals surface area contributed by atoms with E-state index in [0.717, 1.165) is 11.1 Å². The van der Waals surface area contributed by atoms with Crippen LogP contribution in [0, 0.1) is 13.5 Å². The van der Waals surface area contributed by atoms with Crippen LogP contribution in [0.3, 0.4) is 0 Å². The van der Waals surface area contributed by atoms with E-state index in [1.807, 2.05) is 13.0 Å². The van der Waals surface area contributed by atoms with Crippen molar-refractivity contribution in [1.82, 2.24) is 0 Å². The second-order valence-corrected chi connectivity index (χ2v) is 5.54.